The van der Waals surface area contributed by atoms with Gasteiger partial charge in [0.05, 0.1) is 12.3 Å². The second-order valence-corrected chi connectivity index (χ2v) is 7.91. The summed E-state index contributed by atoms with van der Waals surface area (Å²) in [7, 11) is -3.99. The van der Waals surface area contributed by atoms with Gasteiger partial charge < -0.3 is 14.0 Å². The maximum atomic E-state index is 10.7. The first-order valence-corrected chi connectivity index (χ1v) is 8.49. The molecule has 2 rings (SSSR count). The molecule has 1 aliphatic heterocycles. The smallest absolute Gasteiger partial charge is 0.739 e. The molecule has 0 saturated carbocycles. The first kappa shape index (κ1) is 18.2. The Hall–Kier alpha value is 0.170. The van der Waals surface area contributed by atoms with Crippen LogP contribution in [0.5, 0.6) is 5.75 Å². The average Bonchev–Trinajstić information content (AvgIpc) is 2.27. The van der Waals surface area contributed by atoms with E-state index in [1.165, 1.54) is 0 Å². The summed E-state index contributed by atoms with van der Waals surface area (Å²) in [4.78, 5) is 4.17. The third-order valence-corrected chi connectivity index (χ3v) is 4.61. The molecule has 0 fully saturated rings. The molecule has 0 radical (unpaired) electrons. The molecule has 0 saturated heterocycles. The number of pyridine rings is 1. The van der Waals surface area contributed by atoms with Gasteiger partial charge in [-0.3, -0.25) is 4.98 Å². The minimum absolute atomic E-state index is 0. The predicted octanol–water partition coefficient (Wildman–Crippen LogP) is -1.27. The fourth-order valence-electron chi connectivity index (χ4n) is 1.75. The summed E-state index contributed by atoms with van der Waals surface area (Å²) in [6.07, 6.45) is 1.55. The maximum absolute atomic E-state index is 10.7. The minimum Gasteiger partial charge on any atom is -0.739 e. The number of hydrogen-bond acceptors (Lipinski definition) is 7. The number of fused-ring (bicyclic) bond motifs is 1. The van der Waals surface area contributed by atoms with Gasteiger partial charge in [0.25, 0.3) is 0 Å². The Bertz CT molecular complexity index is 603. The molecule has 2 heterocycles. The molecule has 0 atom stereocenters. The molecule has 0 N–H and O–H groups in total. The summed E-state index contributed by atoms with van der Waals surface area (Å²) >= 11 is 0. The molecule has 1 aromatic rings. The number of ether oxygens (including phenoxy) is 2. The molecular formula is C11H14NNaO5S2. The molecular weight excluding hydrogens is 313 g/mol. The average molecular weight is 327 g/mol. The van der Waals surface area contributed by atoms with Crippen molar-refractivity contribution >= 4 is 19.9 Å². The van der Waals surface area contributed by atoms with Crippen LogP contribution in [0.2, 0.25) is 0 Å². The molecule has 9 heteroatoms. The fourth-order valence-corrected chi connectivity index (χ4v) is 3.08. The van der Waals surface area contributed by atoms with Gasteiger partial charge in [-0.1, -0.05) is 0 Å². The first-order valence-electron chi connectivity index (χ1n) is 5.58. The number of rotatable bonds is 3. The number of hydrogen-bond donors (Lipinski definition) is 0. The zero-order valence-electron chi connectivity index (χ0n) is 11.8. The molecule has 0 spiro atoms. The van der Waals surface area contributed by atoms with E-state index >= 15 is 0 Å². The summed E-state index contributed by atoms with van der Waals surface area (Å²) in [5, 5.41) is 0. The van der Waals surface area contributed by atoms with Gasteiger partial charge in [-0.05, 0) is 23.3 Å². The molecule has 0 bridgehead atoms. The second kappa shape index (κ2) is 6.51. The van der Waals surface area contributed by atoms with Gasteiger partial charge >= 0.3 is 29.6 Å². The second-order valence-electron chi connectivity index (χ2n) is 4.64. The van der Waals surface area contributed by atoms with Gasteiger partial charge in [0.2, 0.25) is 5.79 Å². The molecule has 20 heavy (non-hydrogen) atoms. The van der Waals surface area contributed by atoms with E-state index in [-0.39, 0.29) is 35.3 Å². The Morgan fingerprint density at radius 1 is 1.50 bits per heavy atom. The van der Waals surface area contributed by atoms with Gasteiger partial charge in [-0.25, -0.2) is 8.42 Å². The van der Waals surface area contributed by atoms with Crippen LogP contribution < -0.4 is 34.3 Å². The van der Waals surface area contributed by atoms with Crippen molar-refractivity contribution in [3.05, 3.63) is 23.0 Å². The van der Waals surface area contributed by atoms with Crippen LogP contribution in [0, 0.1) is 6.92 Å². The van der Waals surface area contributed by atoms with Gasteiger partial charge in [0, 0.05) is 31.4 Å². The van der Waals surface area contributed by atoms with Gasteiger partial charge in [-0.15, -0.1) is 0 Å². The monoisotopic (exact) mass is 327 g/mol. The van der Waals surface area contributed by atoms with Gasteiger partial charge in [-0.2, -0.15) is 0 Å². The molecule has 0 aromatic carbocycles. The fraction of sp³-hybridized carbons (Fsp3) is 0.545. The van der Waals surface area contributed by atoms with E-state index < -0.39 is 14.9 Å². The summed E-state index contributed by atoms with van der Waals surface area (Å²) in [5.74, 6) is -0.0950. The minimum atomic E-state index is -4.32. The summed E-state index contributed by atoms with van der Waals surface area (Å²) in [6.45, 7) is 5.69. The molecule has 0 amide bonds. The Morgan fingerprint density at radius 3 is 2.75 bits per heavy atom. The van der Waals surface area contributed by atoms with Crippen LogP contribution in [0.1, 0.15) is 30.7 Å². The van der Waals surface area contributed by atoms with Crippen LogP contribution in [0.3, 0.4) is 0 Å². The van der Waals surface area contributed by atoms with Crippen LogP contribution in [-0.2, 0) is 26.2 Å². The number of aromatic nitrogens is 1. The Labute approximate surface area is 144 Å². The molecule has 0 aliphatic carbocycles. The predicted molar refractivity (Wildman–Crippen MR) is 69.5 cm³/mol. The van der Waals surface area contributed by atoms with Crippen molar-refractivity contribution in [1.82, 2.24) is 4.98 Å². The van der Waals surface area contributed by atoms with Crippen molar-refractivity contribution in [2.24, 2.45) is 0 Å². The number of aryl methyl sites for hydroxylation is 1. The Morgan fingerprint density at radius 2 is 2.15 bits per heavy atom. The Kier molecular flexibility index (Phi) is 5.93. The van der Waals surface area contributed by atoms with E-state index in [4.69, 9.17) is 9.47 Å². The van der Waals surface area contributed by atoms with Crippen LogP contribution in [0.4, 0.5) is 0 Å². The van der Waals surface area contributed by atoms with E-state index in [2.05, 4.69) is 4.98 Å². The normalized spacial score (nSPS) is 16.8. The van der Waals surface area contributed by atoms with Crippen LogP contribution in [-0.4, -0.2) is 23.7 Å². The third kappa shape index (κ3) is 4.59. The molecule has 0 unspecified atom stereocenters. The van der Waals surface area contributed by atoms with E-state index in [0.29, 0.717) is 34.4 Å². The summed E-state index contributed by atoms with van der Waals surface area (Å²) in [5.41, 5.74) is 2.11. The molecule has 6 nitrogen and oxygen atoms in total. The zero-order valence-corrected chi connectivity index (χ0v) is 15.4. The van der Waals surface area contributed by atoms with E-state index in [0.717, 1.165) is 5.56 Å². The summed E-state index contributed by atoms with van der Waals surface area (Å²) in [6, 6.07) is 0. The van der Waals surface area contributed by atoms with E-state index in [9.17, 15) is 13.0 Å². The van der Waals surface area contributed by atoms with Crippen molar-refractivity contribution in [2.75, 3.05) is 0 Å². The summed E-state index contributed by atoms with van der Waals surface area (Å²) < 4.78 is 43.2. The molecule has 106 valence electrons. The van der Waals surface area contributed by atoms with E-state index in [1.807, 2.05) is 6.92 Å². The van der Waals surface area contributed by atoms with Crippen LogP contribution >= 0.6 is 10.8 Å². The molecule has 1 aliphatic rings. The maximum Gasteiger partial charge on any atom is 1.00 e. The largest absolute Gasteiger partial charge is 1.00 e. The Balaban J connectivity index is 0.00000200. The SMILES string of the molecule is Cc1ncc(CSS(=O)(=O)[O-])c2c1OC(C)(C)OC2.[Na+]. The van der Waals surface area contributed by atoms with E-state index in [1.54, 1.807) is 20.0 Å². The van der Waals surface area contributed by atoms with Crippen molar-refractivity contribution in [3.8, 4) is 5.75 Å². The standard InChI is InChI=1S/C11H15NO5S2.Na/c1-7-10-9(5-16-11(2,3)17-10)8(4-12-7)6-18-19(13,14)15;/h4H,5-6H2,1-3H3,(H,13,14,15);/q;+1/p-1. The third-order valence-electron chi connectivity index (χ3n) is 2.68. The van der Waals surface area contributed by atoms with Crippen LogP contribution in [0.15, 0.2) is 6.20 Å². The van der Waals surface area contributed by atoms with Crippen molar-refractivity contribution in [1.29, 1.82) is 0 Å². The van der Waals surface area contributed by atoms with Crippen molar-refractivity contribution in [2.45, 2.75) is 38.9 Å². The van der Waals surface area contributed by atoms with Crippen LogP contribution in [0.25, 0.3) is 0 Å². The van der Waals surface area contributed by atoms with Crippen molar-refractivity contribution in [3.63, 3.8) is 0 Å². The van der Waals surface area contributed by atoms with Gasteiger partial charge in [0.1, 0.15) is 14.9 Å². The molecule has 1 aromatic heterocycles. The van der Waals surface area contributed by atoms with Gasteiger partial charge in [0.15, 0.2) is 0 Å². The zero-order chi connectivity index (χ0) is 14.3. The number of nitrogens with zero attached hydrogens (tertiary/aromatic N) is 1. The topological polar surface area (TPSA) is 88.6 Å². The van der Waals surface area contributed by atoms with Crippen molar-refractivity contribution < 1.29 is 52.0 Å². The first-order chi connectivity index (χ1) is 8.68. The quantitative estimate of drug-likeness (QED) is 0.389.